The molecular weight excluding hydrogens is 478 g/mol. The first kappa shape index (κ1) is 30.4. The topological polar surface area (TPSA) is 36.5 Å². The lowest BCUT2D eigenvalue weighted by atomic mass is 10.1. The van der Waals surface area contributed by atoms with Crippen LogP contribution in [0, 0.1) is 0 Å². The number of benzene rings is 3. The number of ether oxygens (including phenoxy) is 1. The van der Waals surface area contributed by atoms with Gasteiger partial charge < -0.3 is 20.3 Å². The van der Waals surface area contributed by atoms with Gasteiger partial charge in [-0.1, -0.05) is 77.3 Å². The van der Waals surface area contributed by atoms with E-state index in [0.717, 1.165) is 34.2 Å². The van der Waals surface area contributed by atoms with Gasteiger partial charge in [-0.25, -0.2) is 0 Å². The molecule has 3 rings (SSSR count). The van der Waals surface area contributed by atoms with Crippen LogP contribution in [0.5, 0.6) is 5.75 Å². The van der Waals surface area contributed by atoms with E-state index >= 15 is 0 Å². The van der Waals surface area contributed by atoms with E-state index in [1.54, 1.807) is 7.11 Å². The fourth-order valence-electron chi connectivity index (χ4n) is 5.12. The van der Waals surface area contributed by atoms with Crippen molar-refractivity contribution in [1.82, 2.24) is 0 Å². The minimum absolute atomic E-state index is 0.465. The van der Waals surface area contributed by atoms with Gasteiger partial charge in [-0.05, 0) is 87.4 Å². The Kier molecular flexibility index (Phi) is 13.1. The van der Waals surface area contributed by atoms with E-state index < -0.39 is 0 Å². The third kappa shape index (κ3) is 9.84. The maximum atomic E-state index is 5.77. The first-order valence-corrected chi connectivity index (χ1v) is 15.2. The highest BCUT2D eigenvalue weighted by atomic mass is 16.5. The maximum absolute atomic E-state index is 5.77. The van der Waals surface area contributed by atoms with Gasteiger partial charge in [0.15, 0.2) is 0 Å². The van der Waals surface area contributed by atoms with Crippen LogP contribution in [0.3, 0.4) is 0 Å². The summed E-state index contributed by atoms with van der Waals surface area (Å²) in [5.74, 6) is 0.850. The highest BCUT2D eigenvalue weighted by molar-refractivity contribution is 5.81. The Labute approximate surface area is 238 Å². The van der Waals surface area contributed by atoms with E-state index in [-0.39, 0.29) is 0 Å². The fourth-order valence-corrected chi connectivity index (χ4v) is 5.12. The molecule has 0 aliphatic carbocycles. The summed E-state index contributed by atoms with van der Waals surface area (Å²) in [4.78, 5) is 2.27. The molecule has 212 valence electrons. The minimum Gasteiger partial charge on any atom is -0.495 e. The Morgan fingerprint density at radius 1 is 0.615 bits per heavy atom. The second kappa shape index (κ2) is 16.7. The van der Waals surface area contributed by atoms with Crippen molar-refractivity contribution in [1.29, 1.82) is 0 Å². The monoisotopic (exact) mass is 529 g/mol. The lowest BCUT2D eigenvalue weighted by Crippen LogP contribution is -2.16. The van der Waals surface area contributed by atoms with Crippen molar-refractivity contribution in [3.05, 3.63) is 72.8 Å². The molecule has 0 saturated heterocycles. The molecule has 0 aliphatic rings. The molecule has 4 heteroatoms. The summed E-state index contributed by atoms with van der Waals surface area (Å²) in [7, 11) is 1.74. The van der Waals surface area contributed by atoms with Crippen molar-refractivity contribution in [2.75, 3.05) is 22.6 Å². The number of anilines is 5. The van der Waals surface area contributed by atoms with E-state index in [9.17, 15) is 0 Å². The Balaban J connectivity index is 1.76. The number of nitrogens with zero attached hydrogens (tertiary/aromatic N) is 1. The van der Waals surface area contributed by atoms with Gasteiger partial charge in [0.25, 0.3) is 0 Å². The Morgan fingerprint density at radius 3 is 1.51 bits per heavy atom. The second-order valence-electron chi connectivity index (χ2n) is 10.9. The number of para-hydroxylation sites is 2. The molecule has 0 radical (unpaired) electrons. The van der Waals surface area contributed by atoms with E-state index in [4.69, 9.17) is 4.74 Å². The van der Waals surface area contributed by atoms with Gasteiger partial charge in [0, 0.05) is 34.8 Å². The highest BCUT2D eigenvalue weighted by Crippen LogP contribution is 2.40. The first-order valence-electron chi connectivity index (χ1n) is 15.2. The molecule has 0 aliphatic heterocycles. The van der Waals surface area contributed by atoms with Gasteiger partial charge in [0.05, 0.1) is 12.8 Å². The van der Waals surface area contributed by atoms with Crippen LogP contribution in [-0.4, -0.2) is 19.2 Å². The standard InChI is InChI=1S/C35H51N3O/c1-6-8-10-12-16-28(3)36-30-20-24-32(25-21-30)38(34-18-14-15-19-35(34)39-5)33-26-22-31(23-27-33)37-29(4)17-13-11-9-7-2/h14-15,18-29,36-37H,6-13,16-17H2,1-5H3. The van der Waals surface area contributed by atoms with Crippen LogP contribution in [0.4, 0.5) is 28.4 Å². The normalized spacial score (nSPS) is 12.5. The summed E-state index contributed by atoms with van der Waals surface area (Å²) in [6.45, 7) is 9.09. The van der Waals surface area contributed by atoms with Crippen molar-refractivity contribution < 1.29 is 4.74 Å². The van der Waals surface area contributed by atoms with Gasteiger partial charge in [0.2, 0.25) is 0 Å². The van der Waals surface area contributed by atoms with Crippen molar-refractivity contribution in [3.8, 4) is 5.75 Å². The molecule has 3 aromatic rings. The van der Waals surface area contributed by atoms with Crippen LogP contribution in [0.2, 0.25) is 0 Å². The summed E-state index contributed by atoms with van der Waals surface area (Å²) in [5.41, 5.74) is 5.55. The Hall–Kier alpha value is -3.14. The van der Waals surface area contributed by atoms with Gasteiger partial charge in [-0.2, -0.15) is 0 Å². The molecule has 0 heterocycles. The van der Waals surface area contributed by atoms with Crippen molar-refractivity contribution in [2.24, 2.45) is 0 Å². The van der Waals surface area contributed by atoms with E-state index in [1.807, 2.05) is 12.1 Å². The molecule has 0 fully saturated rings. The van der Waals surface area contributed by atoms with E-state index in [1.165, 1.54) is 64.2 Å². The Morgan fingerprint density at radius 2 is 1.08 bits per heavy atom. The molecule has 0 spiro atoms. The number of nitrogens with one attached hydrogen (secondary N) is 2. The fraction of sp³-hybridized carbons (Fsp3) is 0.486. The van der Waals surface area contributed by atoms with Crippen LogP contribution in [-0.2, 0) is 0 Å². The predicted molar refractivity (Wildman–Crippen MR) is 171 cm³/mol. The molecular formula is C35H51N3O. The summed E-state index contributed by atoms with van der Waals surface area (Å²) in [6, 6.07) is 26.7. The maximum Gasteiger partial charge on any atom is 0.142 e. The molecule has 0 aromatic heterocycles. The lowest BCUT2D eigenvalue weighted by Gasteiger charge is -2.27. The van der Waals surface area contributed by atoms with Crippen LogP contribution in [0.1, 0.15) is 91.9 Å². The molecule has 0 bridgehead atoms. The van der Waals surface area contributed by atoms with Crippen LogP contribution in [0.25, 0.3) is 0 Å². The Bertz CT molecular complexity index is 1000. The average Bonchev–Trinajstić information content (AvgIpc) is 2.96. The third-order valence-corrected chi connectivity index (χ3v) is 7.38. The molecule has 2 N–H and O–H groups in total. The molecule has 2 unspecified atom stereocenters. The summed E-state index contributed by atoms with van der Waals surface area (Å²) in [5, 5.41) is 7.37. The van der Waals surface area contributed by atoms with Crippen molar-refractivity contribution in [3.63, 3.8) is 0 Å². The number of methoxy groups -OCH3 is 1. The van der Waals surface area contributed by atoms with Crippen LogP contribution < -0.4 is 20.3 Å². The molecule has 4 nitrogen and oxygen atoms in total. The van der Waals surface area contributed by atoms with Gasteiger partial charge in [-0.3, -0.25) is 0 Å². The van der Waals surface area contributed by atoms with Gasteiger partial charge in [0.1, 0.15) is 5.75 Å². The van der Waals surface area contributed by atoms with Gasteiger partial charge >= 0.3 is 0 Å². The molecule has 0 saturated carbocycles. The number of hydrogen-bond donors (Lipinski definition) is 2. The largest absolute Gasteiger partial charge is 0.495 e. The van der Waals surface area contributed by atoms with Crippen molar-refractivity contribution >= 4 is 28.4 Å². The number of unbranched alkanes of at least 4 members (excludes halogenated alkanes) is 6. The SMILES string of the molecule is CCCCCCC(C)Nc1ccc(N(c2ccc(NC(C)CCCCCC)cc2)c2ccccc2OC)cc1. The van der Waals surface area contributed by atoms with E-state index in [2.05, 4.69) is 104 Å². The van der Waals surface area contributed by atoms with E-state index in [0.29, 0.717) is 12.1 Å². The zero-order valence-corrected chi connectivity index (χ0v) is 25.0. The lowest BCUT2D eigenvalue weighted by molar-refractivity contribution is 0.416. The second-order valence-corrected chi connectivity index (χ2v) is 10.9. The zero-order valence-electron chi connectivity index (χ0n) is 25.0. The number of hydrogen-bond acceptors (Lipinski definition) is 4. The summed E-state index contributed by atoms with van der Waals surface area (Å²) >= 11 is 0. The zero-order chi connectivity index (χ0) is 27.9. The van der Waals surface area contributed by atoms with Gasteiger partial charge in [-0.15, -0.1) is 0 Å². The van der Waals surface area contributed by atoms with Crippen LogP contribution >= 0.6 is 0 Å². The molecule has 39 heavy (non-hydrogen) atoms. The summed E-state index contributed by atoms with van der Waals surface area (Å²) in [6.07, 6.45) is 12.8. The highest BCUT2D eigenvalue weighted by Gasteiger charge is 2.17. The molecule has 2 atom stereocenters. The quantitative estimate of drug-likeness (QED) is 0.161. The smallest absolute Gasteiger partial charge is 0.142 e. The third-order valence-electron chi connectivity index (χ3n) is 7.38. The molecule has 0 amide bonds. The first-order chi connectivity index (χ1) is 19.0. The average molecular weight is 530 g/mol. The predicted octanol–water partition coefficient (Wildman–Crippen LogP) is 10.7. The van der Waals surface area contributed by atoms with Crippen LogP contribution in [0.15, 0.2) is 72.8 Å². The summed E-state index contributed by atoms with van der Waals surface area (Å²) < 4.78 is 5.77. The minimum atomic E-state index is 0.465. The molecule has 3 aromatic carbocycles. The number of rotatable bonds is 18. The van der Waals surface area contributed by atoms with Crippen molar-refractivity contribution in [2.45, 2.75) is 104 Å².